The molecule has 1 heterocycles. The Kier molecular flexibility index (Phi) is 7.28. The Balaban J connectivity index is 2.39. The molecule has 0 aromatic carbocycles. The molecule has 1 N–H and O–H groups in total. The van der Waals surface area contributed by atoms with Crippen LogP contribution in [-0.2, 0) is 4.79 Å². The lowest BCUT2D eigenvalue weighted by Crippen LogP contribution is -2.40. The number of nitrogens with zero attached hydrogens (tertiary/aromatic N) is 2. The normalized spacial score (nSPS) is 17.1. The number of carbonyl (C=O) groups is 1. The second kappa shape index (κ2) is 8.48. The number of hydrogen-bond donors (Lipinski definition) is 1. The SMILES string of the molecule is CCCN(CC1CCNCC1)C(=O)CCN(C)C. The molecule has 1 aliphatic heterocycles. The summed E-state index contributed by atoms with van der Waals surface area (Å²) in [5.74, 6) is 1.02. The maximum atomic E-state index is 12.2. The smallest absolute Gasteiger partial charge is 0.223 e. The number of rotatable bonds is 7. The van der Waals surface area contributed by atoms with Crippen LogP contribution in [0.4, 0.5) is 0 Å². The van der Waals surface area contributed by atoms with E-state index < -0.39 is 0 Å². The fourth-order valence-electron chi connectivity index (χ4n) is 2.44. The van der Waals surface area contributed by atoms with Gasteiger partial charge in [-0.05, 0) is 52.4 Å². The molecule has 106 valence electrons. The zero-order chi connectivity index (χ0) is 13.4. The van der Waals surface area contributed by atoms with Crippen molar-refractivity contribution >= 4 is 5.91 Å². The first-order valence-electron chi connectivity index (χ1n) is 7.26. The molecule has 0 radical (unpaired) electrons. The summed E-state index contributed by atoms with van der Waals surface area (Å²) < 4.78 is 0. The highest BCUT2D eigenvalue weighted by Gasteiger charge is 2.19. The summed E-state index contributed by atoms with van der Waals surface area (Å²) >= 11 is 0. The highest BCUT2D eigenvalue weighted by atomic mass is 16.2. The minimum absolute atomic E-state index is 0.323. The molecular weight excluding hydrogens is 226 g/mol. The Morgan fingerprint density at radius 1 is 1.22 bits per heavy atom. The minimum Gasteiger partial charge on any atom is -0.342 e. The van der Waals surface area contributed by atoms with Gasteiger partial charge in [-0.3, -0.25) is 4.79 Å². The highest BCUT2D eigenvalue weighted by Crippen LogP contribution is 2.14. The fourth-order valence-corrected chi connectivity index (χ4v) is 2.44. The molecule has 0 aliphatic carbocycles. The zero-order valence-electron chi connectivity index (χ0n) is 12.2. The molecule has 0 bridgehead atoms. The molecule has 1 aliphatic rings. The third kappa shape index (κ3) is 5.83. The molecule has 1 amide bonds. The lowest BCUT2D eigenvalue weighted by molar-refractivity contribution is -0.132. The summed E-state index contributed by atoms with van der Waals surface area (Å²) in [6.07, 6.45) is 4.12. The minimum atomic E-state index is 0.323. The molecule has 0 saturated carbocycles. The van der Waals surface area contributed by atoms with Gasteiger partial charge in [0.05, 0.1) is 0 Å². The fraction of sp³-hybridized carbons (Fsp3) is 0.929. The van der Waals surface area contributed by atoms with Crippen LogP contribution in [-0.4, -0.2) is 62.5 Å². The van der Waals surface area contributed by atoms with Crippen LogP contribution in [0.5, 0.6) is 0 Å². The van der Waals surface area contributed by atoms with Crippen LogP contribution in [0.15, 0.2) is 0 Å². The zero-order valence-corrected chi connectivity index (χ0v) is 12.2. The van der Waals surface area contributed by atoms with Crippen LogP contribution < -0.4 is 5.32 Å². The van der Waals surface area contributed by atoms with Crippen molar-refractivity contribution < 1.29 is 4.79 Å². The summed E-state index contributed by atoms with van der Waals surface area (Å²) in [6, 6.07) is 0. The van der Waals surface area contributed by atoms with E-state index in [0.29, 0.717) is 18.2 Å². The Labute approximate surface area is 112 Å². The summed E-state index contributed by atoms with van der Waals surface area (Å²) in [7, 11) is 4.04. The average Bonchev–Trinajstić information content (AvgIpc) is 2.36. The van der Waals surface area contributed by atoms with Crippen LogP contribution in [0.1, 0.15) is 32.6 Å². The van der Waals surface area contributed by atoms with Gasteiger partial charge in [0.25, 0.3) is 0 Å². The van der Waals surface area contributed by atoms with Crippen molar-refractivity contribution in [3.05, 3.63) is 0 Å². The lowest BCUT2D eigenvalue weighted by atomic mass is 9.97. The van der Waals surface area contributed by atoms with Gasteiger partial charge in [-0.25, -0.2) is 0 Å². The molecule has 0 aromatic rings. The molecule has 4 nitrogen and oxygen atoms in total. The first-order chi connectivity index (χ1) is 8.63. The molecule has 1 saturated heterocycles. The van der Waals surface area contributed by atoms with Gasteiger partial charge >= 0.3 is 0 Å². The second-order valence-corrected chi connectivity index (χ2v) is 5.59. The van der Waals surface area contributed by atoms with E-state index in [1.807, 2.05) is 14.1 Å². The number of piperidine rings is 1. The number of amides is 1. The van der Waals surface area contributed by atoms with Crippen molar-refractivity contribution in [3.63, 3.8) is 0 Å². The van der Waals surface area contributed by atoms with Crippen LogP contribution in [0, 0.1) is 5.92 Å². The van der Waals surface area contributed by atoms with Crippen LogP contribution in [0.2, 0.25) is 0 Å². The summed E-state index contributed by atoms with van der Waals surface area (Å²) in [4.78, 5) is 16.4. The third-order valence-electron chi connectivity index (χ3n) is 3.56. The van der Waals surface area contributed by atoms with Crippen LogP contribution in [0.3, 0.4) is 0 Å². The van der Waals surface area contributed by atoms with E-state index in [-0.39, 0.29) is 0 Å². The first kappa shape index (κ1) is 15.4. The highest BCUT2D eigenvalue weighted by molar-refractivity contribution is 5.76. The van der Waals surface area contributed by atoms with Crippen molar-refractivity contribution in [2.75, 3.05) is 46.8 Å². The first-order valence-corrected chi connectivity index (χ1v) is 7.26. The van der Waals surface area contributed by atoms with E-state index in [2.05, 4.69) is 22.0 Å². The maximum Gasteiger partial charge on any atom is 0.223 e. The van der Waals surface area contributed by atoms with Gasteiger partial charge in [0.1, 0.15) is 0 Å². The van der Waals surface area contributed by atoms with E-state index in [1.165, 1.54) is 12.8 Å². The van der Waals surface area contributed by atoms with Gasteiger partial charge in [0, 0.05) is 26.1 Å². The van der Waals surface area contributed by atoms with E-state index in [0.717, 1.165) is 39.1 Å². The Morgan fingerprint density at radius 2 is 1.89 bits per heavy atom. The summed E-state index contributed by atoms with van der Waals surface area (Å²) in [6.45, 7) is 7.09. The van der Waals surface area contributed by atoms with Gasteiger partial charge in [-0.2, -0.15) is 0 Å². The van der Waals surface area contributed by atoms with E-state index in [1.54, 1.807) is 0 Å². The van der Waals surface area contributed by atoms with Crippen LogP contribution >= 0.6 is 0 Å². The second-order valence-electron chi connectivity index (χ2n) is 5.59. The maximum absolute atomic E-state index is 12.2. The molecule has 4 heteroatoms. The molecule has 0 spiro atoms. The molecule has 1 rings (SSSR count). The van der Waals surface area contributed by atoms with Gasteiger partial charge in [0.2, 0.25) is 5.91 Å². The Morgan fingerprint density at radius 3 is 2.44 bits per heavy atom. The third-order valence-corrected chi connectivity index (χ3v) is 3.56. The van der Waals surface area contributed by atoms with Crippen molar-refractivity contribution in [3.8, 4) is 0 Å². The van der Waals surface area contributed by atoms with E-state index in [4.69, 9.17) is 0 Å². The predicted octanol–water partition coefficient (Wildman–Crippen LogP) is 1.18. The molecular formula is C14H29N3O. The molecule has 18 heavy (non-hydrogen) atoms. The van der Waals surface area contributed by atoms with Crippen molar-refractivity contribution in [1.82, 2.24) is 15.1 Å². The van der Waals surface area contributed by atoms with Gasteiger partial charge in [-0.1, -0.05) is 6.92 Å². The van der Waals surface area contributed by atoms with E-state index in [9.17, 15) is 4.79 Å². The summed E-state index contributed by atoms with van der Waals surface area (Å²) in [5, 5.41) is 3.38. The number of nitrogens with one attached hydrogen (secondary N) is 1. The monoisotopic (exact) mass is 255 g/mol. The average molecular weight is 255 g/mol. The largest absolute Gasteiger partial charge is 0.342 e. The number of hydrogen-bond acceptors (Lipinski definition) is 3. The van der Waals surface area contributed by atoms with Crippen molar-refractivity contribution in [1.29, 1.82) is 0 Å². The van der Waals surface area contributed by atoms with Crippen molar-refractivity contribution in [2.45, 2.75) is 32.6 Å². The quantitative estimate of drug-likeness (QED) is 0.742. The molecule has 1 fully saturated rings. The lowest BCUT2D eigenvalue weighted by Gasteiger charge is -2.30. The van der Waals surface area contributed by atoms with Crippen LogP contribution in [0.25, 0.3) is 0 Å². The molecule has 0 atom stereocenters. The standard InChI is InChI=1S/C14H29N3O/c1-4-10-17(14(18)7-11-16(2)3)12-13-5-8-15-9-6-13/h13,15H,4-12H2,1-3H3. The van der Waals surface area contributed by atoms with Gasteiger partial charge in [-0.15, -0.1) is 0 Å². The van der Waals surface area contributed by atoms with Crippen molar-refractivity contribution in [2.24, 2.45) is 5.92 Å². The predicted molar refractivity (Wildman–Crippen MR) is 75.6 cm³/mol. The topological polar surface area (TPSA) is 35.6 Å². The van der Waals surface area contributed by atoms with E-state index >= 15 is 0 Å². The Bertz CT molecular complexity index is 237. The Hall–Kier alpha value is -0.610. The number of carbonyl (C=O) groups excluding carboxylic acids is 1. The van der Waals surface area contributed by atoms with Gasteiger partial charge < -0.3 is 15.1 Å². The summed E-state index contributed by atoms with van der Waals surface area (Å²) in [5.41, 5.74) is 0. The molecule has 0 unspecified atom stereocenters. The van der Waals surface area contributed by atoms with Gasteiger partial charge in [0.15, 0.2) is 0 Å². The molecule has 0 aromatic heterocycles.